The van der Waals surface area contributed by atoms with Crippen LogP contribution in [0.4, 0.5) is 0 Å². The largest absolute Gasteiger partial charge is 0.314 e. The first kappa shape index (κ1) is 12.3. The molecule has 1 rings (SSSR count). The summed E-state index contributed by atoms with van der Waals surface area (Å²) in [6.45, 7) is 4.35. The molecule has 0 fully saturated rings. The average molecular weight is 250 g/mol. The first-order chi connectivity index (χ1) is 6.80. The van der Waals surface area contributed by atoms with Gasteiger partial charge in [0.2, 0.25) is 0 Å². The van der Waals surface area contributed by atoms with Crippen molar-refractivity contribution in [3.63, 3.8) is 0 Å². The zero-order valence-electron chi connectivity index (χ0n) is 8.47. The van der Waals surface area contributed by atoms with E-state index in [4.69, 9.17) is 10.7 Å². The topological polar surface area (TPSA) is 56.1 Å². The second kappa shape index (κ2) is 4.37. The van der Waals surface area contributed by atoms with Crippen molar-refractivity contribution in [2.45, 2.75) is 25.3 Å². The zero-order chi connectivity index (χ0) is 11.6. The fourth-order valence-corrected chi connectivity index (χ4v) is 1.95. The van der Waals surface area contributed by atoms with Crippen molar-refractivity contribution in [2.24, 2.45) is 5.92 Å². The molecule has 0 amide bonds. The number of hydrogen-bond acceptors (Lipinski definition) is 3. The maximum absolute atomic E-state index is 11.4. The Kier molecular flexibility index (Phi) is 3.57. The summed E-state index contributed by atoms with van der Waals surface area (Å²) in [4.78, 5) is 11.3. The van der Waals surface area contributed by atoms with E-state index in [9.17, 15) is 13.2 Å². The highest BCUT2D eigenvalue weighted by molar-refractivity contribution is 8.13. The molecular formula is C9H12ClNO3S. The number of halogens is 1. The van der Waals surface area contributed by atoms with Crippen LogP contribution in [0.2, 0.25) is 0 Å². The summed E-state index contributed by atoms with van der Waals surface area (Å²) in [5.41, 5.74) is -0.229. The van der Waals surface area contributed by atoms with E-state index in [-0.39, 0.29) is 16.4 Å². The van der Waals surface area contributed by atoms with Crippen LogP contribution >= 0.6 is 10.7 Å². The van der Waals surface area contributed by atoms with E-state index < -0.39 is 9.05 Å². The molecule has 4 nitrogen and oxygen atoms in total. The van der Waals surface area contributed by atoms with Gasteiger partial charge in [-0.15, -0.1) is 0 Å². The molecule has 0 saturated heterocycles. The Morgan fingerprint density at radius 2 is 2.00 bits per heavy atom. The van der Waals surface area contributed by atoms with Crippen molar-refractivity contribution in [2.75, 3.05) is 0 Å². The van der Waals surface area contributed by atoms with Crippen LogP contribution in [0, 0.1) is 5.92 Å². The van der Waals surface area contributed by atoms with E-state index in [1.807, 2.05) is 13.8 Å². The molecule has 0 aliphatic heterocycles. The van der Waals surface area contributed by atoms with Gasteiger partial charge in [-0.1, -0.05) is 13.8 Å². The van der Waals surface area contributed by atoms with Crippen LogP contribution in [0.1, 0.15) is 13.8 Å². The Balaban J connectivity index is 3.23. The van der Waals surface area contributed by atoms with Gasteiger partial charge in [0.25, 0.3) is 14.6 Å². The third kappa shape index (κ3) is 3.35. The molecule has 0 spiro atoms. The summed E-state index contributed by atoms with van der Waals surface area (Å²) >= 11 is 0. The lowest BCUT2D eigenvalue weighted by atomic mass is 10.2. The van der Waals surface area contributed by atoms with Crippen LogP contribution in [0.5, 0.6) is 0 Å². The van der Waals surface area contributed by atoms with Gasteiger partial charge in [0.1, 0.15) is 0 Å². The van der Waals surface area contributed by atoms with Crippen LogP contribution < -0.4 is 5.56 Å². The maximum atomic E-state index is 11.4. The number of pyridine rings is 1. The molecule has 0 aliphatic carbocycles. The summed E-state index contributed by atoms with van der Waals surface area (Å²) < 4.78 is 23.4. The van der Waals surface area contributed by atoms with Crippen LogP contribution in [-0.4, -0.2) is 13.0 Å². The summed E-state index contributed by atoms with van der Waals surface area (Å²) in [7, 11) is 1.41. The van der Waals surface area contributed by atoms with Crippen LogP contribution in [0.25, 0.3) is 0 Å². The predicted molar refractivity (Wildman–Crippen MR) is 58.6 cm³/mol. The molecule has 84 valence electrons. The third-order valence-electron chi connectivity index (χ3n) is 1.80. The SMILES string of the molecule is CC(C)Cn1cc(S(=O)(=O)Cl)ccc1=O. The number of nitrogens with zero attached hydrogens (tertiary/aromatic N) is 1. The van der Waals surface area contributed by atoms with Crippen molar-refractivity contribution in [3.05, 3.63) is 28.7 Å². The van der Waals surface area contributed by atoms with Crippen LogP contribution in [0.3, 0.4) is 0 Å². The van der Waals surface area contributed by atoms with Crippen molar-refractivity contribution in [1.29, 1.82) is 0 Å². The summed E-state index contributed by atoms with van der Waals surface area (Å²) in [6.07, 6.45) is 1.27. The zero-order valence-corrected chi connectivity index (χ0v) is 10.0. The second-order valence-electron chi connectivity index (χ2n) is 3.69. The fraction of sp³-hybridized carbons (Fsp3) is 0.444. The lowest BCUT2D eigenvalue weighted by Gasteiger charge is -2.08. The highest BCUT2D eigenvalue weighted by atomic mass is 35.7. The van der Waals surface area contributed by atoms with Crippen molar-refractivity contribution in [1.82, 2.24) is 4.57 Å². The molecule has 0 aromatic carbocycles. The second-order valence-corrected chi connectivity index (χ2v) is 6.25. The Labute approximate surface area is 92.9 Å². The predicted octanol–water partition coefficient (Wildman–Crippen LogP) is 1.43. The van der Waals surface area contributed by atoms with Gasteiger partial charge in [0.15, 0.2) is 0 Å². The fourth-order valence-electron chi connectivity index (χ4n) is 1.19. The molecule has 0 radical (unpaired) electrons. The van der Waals surface area contributed by atoms with Crippen molar-refractivity contribution < 1.29 is 8.42 Å². The summed E-state index contributed by atoms with van der Waals surface area (Å²) in [6, 6.07) is 2.42. The number of hydrogen-bond donors (Lipinski definition) is 0. The van der Waals surface area contributed by atoms with Gasteiger partial charge in [0.05, 0.1) is 4.90 Å². The molecular weight excluding hydrogens is 238 g/mol. The van der Waals surface area contributed by atoms with Gasteiger partial charge in [-0.3, -0.25) is 4.79 Å². The van der Waals surface area contributed by atoms with Gasteiger partial charge in [-0.2, -0.15) is 0 Å². The molecule has 0 bridgehead atoms. The Hall–Kier alpha value is -0.810. The number of aromatic nitrogens is 1. The lowest BCUT2D eigenvalue weighted by molar-refractivity contribution is 0.506. The van der Waals surface area contributed by atoms with Gasteiger partial charge < -0.3 is 4.57 Å². The molecule has 0 N–H and O–H groups in total. The maximum Gasteiger partial charge on any atom is 0.262 e. The van der Waals surface area contributed by atoms with E-state index in [2.05, 4.69) is 0 Å². The Morgan fingerprint density at radius 1 is 1.40 bits per heavy atom. The van der Waals surface area contributed by atoms with Gasteiger partial charge in [-0.05, 0) is 12.0 Å². The molecule has 1 aromatic rings. The standard InChI is InChI=1S/C9H12ClNO3S/c1-7(2)5-11-6-8(15(10,13)14)3-4-9(11)12/h3-4,6-7H,5H2,1-2H3. The normalized spacial score (nSPS) is 12.0. The Bertz CT molecular complexity index is 504. The lowest BCUT2D eigenvalue weighted by Crippen LogP contribution is -2.21. The van der Waals surface area contributed by atoms with E-state index in [0.717, 1.165) is 0 Å². The van der Waals surface area contributed by atoms with E-state index in [0.29, 0.717) is 6.54 Å². The third-order valence-corrected chi connectivity index (χ3v) is 3.14. The van der Waals surface area contributed by atoms with Crippen molar-refractivity contribution >= 4 is 19.7 Å². The molecule has 1 aromatic heterocycles. The van der Waals surface area contributed by atoms with E-state index >= 15 is 0 Å². The molecule has 0 saturated carbocycles. The van der Waals surface area contributed by atoms with E-state index in [1.54, 1.807) is 0 Å². The van der Waals surface area contributed by atoms with Crippen LogP contribution in [-0.2, 0) is 15.6 Å². The molecule has 15 heavy (non-hydrogen) atoms. The molecule has 6 heteroatoms. The minimum absolute atomic E-state index is 0.0515. The van der Waals surface area contributed by atoms with Gasteiger partial charge in [0, 0.05) is 29.5 Å². The van der Waals surface area contributed by atoms with Gasteiger partial charge >= 0.3 is 0 Å². The average Bonchev–Trinajstić information content (AvgIpc) is 2.06. The van der Waals surface area contributed by atoms with Crippen LogP contribution in [0.15, 0.2) is 28.0 Å². The molecule has 0 unspecified atom stereocenters. The summed E-state index contributed by atoms with van der Waals surface area (Å²) in [5.74, 6) is 0.260. The highest BCUT2D eigenvalue weighted by Crippen LogP contribution is 2.12. The van der Waals surface area contributed by atoms with Crippen molar-refractivity contribution in [3.8, 4) is 0 Å². The van der Waals surface area contributed by atoms with Gasteiger partial charge in [-0.25, -0.2) is 8.42 Å². The smallest absolute Gasteiger partial charge is 0.262 e. The quantitative estimate of drug-likeness (QED) is 0.762. The first-order valence-corrected chi connectivity index (χ1v) is 6.77. The highest BCUT2D eigenvalue weighted by Gasteiger charge is 2.11. The minimum Gasteiger partial charge on any atom is -0.314 e. The molecule has 0 aliphatic rings. The first-order valence-electron chi connectivity index (χ1n) is 4.46. The molecule has 0 atom stereocenters. The summed E-state index contributed by atoms with van der Waals surface area (Å²) in [5, 5.41) is 0. The monoisotopic (exact) mass is 249 g/mol. The number of rotatable bonds is 3. The minimum atomic E-state index is -3.77. The van der Waals surface area contributed by atoms with E-state index in [1.165, 1.54) is 22.9 Å². The Morgan fingerprint density at radius 3 is 2.47 bits per heavy atom. The molecule has 1 heterocycles.